The molecule has 5 heteroatoms. The number of rotatable bonds is 5. The van der Waals surface area contributed by atoms with E-state index in [0.717, 1.165) is 6.54 Å². The van der Waals surface area contributed by atoms with Gasteiger partial charge >= 0.3 is 12.0 Å². The van der Waals surface area contributed by atoms with Gasteiger partial charge in [-0.15, -0.1) is 0 Å². The summed E-state index contributed by atoms with van der Waals surface area (Å²) in [6.07, 6.45) is 1.08. The Bertz CT molecular complexity index is 516. The minimum Gasteiger partial charge on any atom is -0.481 e. The number of hydrogen-bond donors (Lipinski definition) is 2. The van der Waals surface area contributed by atoms with Crippen molar-refractivity contribution in [2.24, 2.45) is 11.8 Å². The van der Waals surface area contributed by atoms with E-state index in [0.29, 0.717) is 23.1 Å². The number of carbonyl (C=O) groups excluding carboxylic acids is 1. The molecule has 0 heterocycles. The molecule has 2 amide bonds. The largest absolute Gasteiger partial charge is 0.481 e. The lowest BCUT2D eigenvalue weighted by molar-refractivity contribution is -0.136. The molecule has 20 heavy (non-hydrogen) atoms. The average Bonchev–Trinajstić information content (AvgIpc) is 3.06. The summed E-state index contributed by atoms with van der Waals surface area (Å²) in [7, 11) is 1.76. The van der Waals surface area contributed by atoms with Gasteiger partial charge in [0.15, 0.2) is 0 Å². The zero-order valence-electron chi connectivity index (χ0n) is 11.8. The van der Waals surface area contributed by atoms with E-state index in [1.165, 1.54) is 6.42 Å². The van der Waals surface area contributed by atoms with Gasteiger partial charge in [0.2, 0.25) is 0 Å². The monoisotopic (exact) mass is 276 g/mol. The third-order valence-electron chi connectivity index (χ3n) is 3.73. The van der Waals surface area contributed by atoms with Gasteiger partial charge < -0.3 is 15.3 Å². The van der Waals surface area contributed by atoms with Crippen molar-refractivity contribution in [2.75, 3.05) is 18.9 Å². The second-order valence-corrected chi connectivity index (χ2v) is 5.51. The molecule has 0 aliphatic heterocycles. The summed E-state index contributed by atoms with van der Waals surface area (Å²) in [5, 5.41) is 11.7. The topological polar surface area (TPSA) is 69.6 Å². The maximum absolute atomic E-state index is 12.1. The van der Waals surface area contributed by atoms with Crippen LogP contribution in [0.15, 0.2) is 24.3 Å². The first-order valence-corrected chi connectivity index (χ1v) is 6.79. The van der Waals surface area contributed by atoms with Crippen LogP contribution in [0, 0.1) is 11.8 Å². The molecule has 1 aromatic carbocycles. The highest BCUT2D eigenvalue weighted by Gasteiger charge is 2.34. The lowest BCUT2D eigenvalue weighted by atomic mass is 10.1. The third-order valence-corrected chi connectivity index (χ3v) is 3.73. The van der Waals surface area contributed by atoms with Crippen LogP contribution in [-0.2, 0) is 11.2 Å². The molecule has 2 rings (SSSR count). The number of aliphatic carboxylic acids is 1. The van der Waals surface area contributed by atoms with Crippen molar-refractivity contribution in [3.8, 4) is 0 Å². The molecule has 1 aromatic rings. The van der Waals surface area contributed by atoms with Crippen molar-refractivity contribution in [1.82, 2.24) is 4.90 Å². The highest BCUT2D eigenvalue weighted by Crippen LogP contribution is 2.38. The van der Waals surface area contributed by atoms with Gasteiger partial charge in [-0.2, -0.15) is 0 Å². The Labute approximate surface area is 118 Å². The van der Waals surface area contributed by atoms with E-state index in [2.05, 4.69) is 12.2 Å². The third kappa shape index (κ3) is 3.73. The van der Waals surface area contributed by atoms with Gasteiger partial charge in [0.05, 0.1) is 6.42 Å². The number of carboxylic acid groups (broad SMARTS) is 1. The van der Waals surface area contributed by atoms with Crippen LogP contribution in [0.1, 0.15) is 18.9 Å². The summed E-state index contributed by atoms with van der Waals surface area (Å²) in [6.45, 7) is 2.92. The molecule has 1 aliphatic rings. The molecule has 5 nitrogen and oxygen atoms in total. The van der Waals surface area contributed by atoms with E-state index >= 15 is 0 Å². The molecule has 0 saturated heterocycles. The molecule has 0 radical (unpaired) electrons. The number of hydrogen-bond acceptors (Lipinski definition) is 2. The lowest BCUT2D eigenvalue weighted by Gasteiger charge is -2.19. The normalized spacial score (nSPS) is 20.3. The summed E-state index contributed by atoms with van der Waals surface area (Å²) in [5.41, 5.74) is 1.18. The summed E-state index contributed by atoms with van der Waals surface area (Å²) in [5.74, 6) is 0.386. The van der Waals surface area contributed by atoms with Gasteiger partial charge in [-0.1, -0.05) is 25.1 Å². The van der Waals surface area contributed by atoms with Crippen molar-refractivity contribution in [3.05, 3.63) is 29.8 Å². The Morgan fingerprint density at radius 2 is 2.05 bits per heavy atom. The van der Waals surface area contributed by atoms with Crippen LogP contribution in [0.25, 0.3) is 0 Å². The van der Waals surface area contributed by atoms with Gasteiger partial charge in [-0.05, 0) is 29.9 Å². The number of carbonyl (C=O) groups is 2. The molecule has 1 saturated carbocycles. The Hall–Kier alpha value is -2.04. The summed E-state index contributed by atoms with van der Waals surface area (Å²) in [4.78, 5) is 24.6. The van der Waals surface area contributed by atoms with Gasteiger partial charge in [0.1, 0.15) is 0 Å². The molecule has 0 bridgehead atoms. The summed E-state index contributed by atoms with van der Waals surface area (Å²) in [6, 6.07) is 6.80. The SMILES string of the molecule is CC1CC1CN(C)C(=O)Nc1ccccc1CC(=O)O. The van der Waals surface area contributed by atoms with Gasteiger partial charge in [-0.3, -0.25) is 4.79 Å². The van der Waals surface area contributed by atoms with Crippen LogP contribution in [0.5, 0.6) is 0 Å². The van der Waals surface area contributed by atoms with E-state index in [9.17, 15) is 9.59 Å². The van der Waals surface area contributed by atoms with E-state index in [-0.39, 0.29) is 12.5 Å². The lowest BCUT2D eigenvalue weighted by Crippen LogP contribution is -2.33. The van der Waals surface area contributed by atoms with Crippen LogP contribution in [0.4, 0.5) is 10.5 Å². The number of amides is 2. The highest BCUT2D eigenvalue weighted by atomic mass is 16.4. The number of benzene rings is 1. The molecule has 1 aliphatic carbocycles. The predicted octanol–water partition coefficient (Wildman–Crippen LogP) is 2.43. The smallest absolute Gasteiger partial charge is 0.321 e. The molecular weight excluding hydrogens is 256 g/mol. The number of carboxylic acids is 1. The fraction of sp³-hybridized carbons (Fsp3) is 0.467. The van der Waals surface area contributed by atoms with Crippen molar-refractivity contribution < 1.29 is 14.7 Å². The summed E-state index contributed by atoms with van der Waals surface area (Å²) < 4.78 is 0. The molecule has 108 valence electrons. The predicted molar refractivity (Wildman–Crippen MR) is 76.7 cm³/mol. The quantitative estimate of drug-likeness (QED) is 0.867. The zero-order valence-corrected chi connectivity index (χ0v) is 11.8. The molecular formula is C15H20N2O3. The maximum Gasteiger partial charge on any atom is 0.321 e. The van der Waals surface area contributed by atoms with E-state index in [1.807, 2.05) is 0 Å². The molecule has 2 atom stereocenters. The number of anilines is 1. The van der Waals surface area contributed by atoms with Crippen LogP contribution in [-0.4, -0.2) is 35.6 Å². The minimum absolute atomic E-state index is 0.0974. The van der Waals surface area contributed by atoms with Crippen LogP contribution >= 0.6 is 0 Å². The number of nitrogens with one attached hydrogen (secondary N) is 1. The second-order valence-electron chi connectivity index (χ2n) is 5.51. The minimum atomic E-state index is -0.910. The fourth-order valence-corrected chi connectivity index (χ4v) is 2.26. The molecule has 0 aromatic heterocycles. The molecule has 2 N–H and O–H groups in total. The Balaban J connectivity index is 1.98. The van der Waals surface area contributed by atoms with Crippen molar-refractivity contribution >= 4 is 17.7 Å². The highest BCUT2D eigenvalue weighted by molar-refractivity contribution is 5.90. The zero-order chi connectivity index (χ0) is 14.7. The van der Waals surface area contributed by atoms with Crippen molar-refractivity contribution in [1.29, 1.82) is 0 Å². The first kappa shape index (κ1) is 14.4. The number of urea groups is 1. The van der Waals surface area contributed by atoms with Crippen molar-refractivity contribution in [2.45, 2.75) is 19.8 Å². The van der Waals surface area contributed by atoms with E-state index < -0.39 is 5.97 Å². The Morgan fingerprint density at radius 1 is 1.40 bits per heavy atom. The number of para-hydroxylation sites is 1. The van der Waals surface area contributed by atoms with Crippen LogP contribution < -0.4 is 5.32 Å². The van der Waals surface area contributed by atoms with E-state index in [1.54, 1.807) is 36.2 Å². The molecule has 0 spiro atoms. The average molecular weight is 276 g/mol. The van der Waals surface area contributed by atoms with Gasteiger partial charge in [0.25, 0.3) is 0 Å². The number of nitrogens with zero attached hydrogens (tertiary/aromatic N) is 1. The second kappa shape index (κ2) is 5.94. The van der Waals surface area contributed by atoms with Gasteiger partial charge in [0, 0.05) is 19.3 Å². The Morgan fingerprint density at radius 3 is 2.65 bits per heavy atom. The van der Waals surface area contributed by atoms with Crippen molar-refractivity contribution in [3.63, 3.8) is 0 Å². The standard InChI is InChI=1S/C15H20N2O3/c1-10-7-12(10)9-17(2)15(20)16-13-6-4-3-5-11(13)8-14(18)19/h3-6,10,12H,7-9H2,1-2H3,(H,16,20)(H,18,19). The van der Waals surface area contributed by atoms with Gasteiger partial charge in [-0.25, -0.2) is 4.79 Å². The first-order chi connectivity index (χ1) is 9.47. The molecule has 2 unspecified atom stereocenters. The maximum atomic E-state index is 12.1. The van der Waals surface area contributed by atoms with Crippen LogP contribution in [0.2, 0.25) is 0 Å². The van der Waals surface area contributed by atoms with Crippen LogP contribution in [0.3, 0.4) is 0 Å². The summed E-state index contributed by atoms with van der Waals surface area (Å²) >= 11 is 0. The fourth-order valence-electron chi connectivity index (χ4n) is 2.26. The van der Waals surface area contributed by atoms with E-state index in [4.69, 9.17) is 5.11 Å². The molecule has 1 fully saturated rings. The first-order valence-electron chi connectivity index (χ1n) is 6.79. The Kier molecular flexibility index (Phi) is 4.27.